The normalized spacial score (nSPS) is 18.8. The van der Waals surface area contributed by atoms with Crippen LogP contribution in [0.25, 0.3) is 0 Å². The van der Waals surface area contributed by atoms with Crippen molar-refractivity contribution in [3.05, 3.63) is 39.9 Å². The van der Waals surface area contributed by atoms with Gasteiger partial charge in [-0.25, -0.2) is 4.79 Å². The van der Waals surface area contributed by atoms with E-state index in [2.05, 4.69) is 10.6 Å². The minimum absolute atomic E-state index is 0.0172. The molecule has 3 N–H and O–H groups in total. The molecule has 2 rings (SSSR count). The van der Waals surface area contributed by atoms with Crippen LogP contribution in [0.4, 0.5) is 10.5 Å². The van der Waals surface area contributed by atoms with Gasteiger partial charge in [0.25, 0.3) is 5.69 Å². The van der Waals surface area contributed by atoms with Crippen LogP contribution in [0.2, 0.25) is 0 Å². The summed E-state index contributed by atoms with van der Waals surface area (Å²) < 4.78 is 0. The van der Waals surface area contributed by atoms with Crippen molar-refractivity contribution in [3.8, 4) is 0 Å². The van der Waals surface area contributed by atoms with E-state index in [4.69, 9.17) is 5.11 Å². The van der Waals surface area contributed by atoms with Crippen LogP contribution in [0.1, 0.15) is 25.3 Å². The molecule has 2 amide bonds. The van der Waals surface area contributed by atoms with Gasteiger partial charge in [0.1, 0.15) is 0 Å². The van der Waals surface area contributed by atoms with Crippen molar-refractivity contribution in [1.29, 1.82) is 0 Å². The third kappa shape index (κ3) is 5.69. The lowest BCUT2D eigenvalue weighted by atomic mass is 9.85. The Balaban J connectivity index is 1.67. The number of likely N-dealkylation sites (N-methyl/N-ethyl adjacent to an activating group) is 1. The molecule has 1 aromatic rings. The zero-order valence-electron chi connectivity index (χ0n) is 14.7. The van der Waals surface area contributed by atoms with Crippen LogP contribution in [0.5, 0.6) is 0 Å². The Hall–Kier alpha value is -2.68. The molecule has 0 bridgehead atoms. The summed E-state index contributed by atoms with van der Waals surface area (Å²) in [7, 11) is 0. The number of carbonyl (C=O) groups is 2. The second kappa shape index (κ2) is 9.14. The van der Waals surface area contributed by atoms with Gasteiger partial charge in [-0.05, 0) is 31.4 Å². The van der Waals surface area contributed by atoms with Crippen molar-refractivity contribution in [1.82, 2.24) is 15.5 Å². The first kappa shape index (κ1) is 19.6. The maximum atomic E-state index is 11.9. The van der Waals surface area contributed by atoms with E-state index >= 15 is 0 Å². The van der Waals surface area contributed by atoms with E-state index in [1.165, 1.54) is 12.1 Å². The minimum atomic E-state index is -0.845. The number of hydrogen-bond acceptors (Lipinski definition) is 5. The van der Waals surface area contributed by atoms with Crippen LogP contribution in [0.15, 0.2) is 24.3 Å². The Morgan fingerprint density at radius 3 is 2.73 bits per heavy atom. The summed E-state index contributed by atoms with van der Waals surface area (Å²) >= 11 is 0. The Morgan fingerprint density at radius 2 is 2.12 bits per heavy atom. The Labute approximate surface area is 151 Å². The van der Waals surface area contributed by atoms with E-state index in [1.807, 2.05) is 11.8 Å². The number of aliphatic carboxylic acids is 1. The number of hydrogen-bond donors (Lipinski definition) is 3. The molecule has 0 spiro atoms. The molecule has 0 heterocycles. The summed E-state index contributed by atoms with van der Waals surface area (Å²) in [5.74, 6) is -0.845. The maximum Gasteiger partial charge on any atom is 0.317 e. The van der Waals surface area contributed by atoms with Crippen molar-refractivity contribution in [2.24, 2.45) is 0 Å². The molecule has 0 aromatic heterocycles. The van der Waals surface area contributed by atoms with Gasteiger partial charge in [0.05, 0.1) is 11.5 Å². The lowest BCUT2D eigenvalue weighted by molar-refractivity contribution is -0.384. The smallest absolute Gasteiger partial charge is 0.317 e. The third-order valence-corrected chi connectivity index (χ3v) is 4.53. The highest BCUT2D eigenvalue weighted by Crippen LogP contribution is 2.25. The van der Waals surface area contributed by atoms with Gasteiger partial charge in [0.2, 0.25) is 0 Å². The zero-order valence-corrected chi connectivity index (χ0v) is 14.7. The number of benzene rings is 1. The van der Waals surface area contributed by atoms with Gasteiger partial charge >= 0.3 is 12.0 Å². The molecule has 9 heteroatoms. The van der Waals surface area contributed by atoms with E-state index in [0.717, 1.165) is 18.4 Å². The van der Waals surface area contributed by atoms with Gasteiger partial charge < -0.3 is 15.7 Å². The Morgan fingerprint density at radius 1 is 1.38 bits per heavy atom. The molecule has 1 aliphatic carbocycles. The molecule has 1 fully saturated rings. The van der Waals surface area contributed by atoms with Crippen molar-refractivity contribution < 1.29 is 19.6 Å². The number of non-ortho nitro benzene ring substituents is 1. The minimum Gasteiger partial charge on any atom is -0.480 e. The average molecular weight is 364 g/mol. The van der Waals surface area contributed by atoms with Gasteiger partial charge in [-0.3, -0.25) is 19.8 Å². The molecular weight excluding hydrogens is 340 g/mol. The fraction of sp³-hybridized carbons (Fsp3) is 0.529. The van der Waals surface area contributed by atoms with Crippen molar-refractivity contribution >= 4 is 17.7 Å². The van der Waals surface area contributed by atoms with Crippen molar-refractivity contribution in [3.63, 3.8) is 0 Å². The third-order valence-electron chi connectivity index (χ3n) is 4.53. The number of rotatable bonds is 9. The lowest BCUT2D eigenvalue weighted by Crippen LogP contribution is -2.56. The largest absolute Gasteiger partial charge is 0.480 e. The fourth-order valence-electron chi connectivity index (χ4n) is 3.06. The average Bonchev–Trinajstić information content (AvgIpc) is 2.56. The number of carboxylic acid groups (broad SMARTS) is 1. The summed E-state index contributed by atoms with van der Waals surface area (Å²) in [4.78, 5) is 34.9. The molecule has 1 aliphatic rings. The van der Waals surface area contributed by atoms with Gasteiger partial charge in [-0.15, -0.1) is 0 Å². The number of nitro groups is 1. The summed E-state index contributed by atoms with van der Waals surface area (Å²) in [6, 6.07) is 6.29. The van der Waals surface area contributed by atoms with Crippen LogP contribution in [0.3, 0.4) is 0 Å². The van der Waals surface area contributed by atoms with Crippen molar-refractivity contribution in [2.45, 2.75) is 38.3 Å². The molecule has 26 heavy (non-hydrogen) atoms. The van der Waals surface area contributed by atoms with E-state index in [1.54, 1.807) is 12.1 Å². The van der Waals surface area contributed by atoms with Crippen LogP contribution >= 0.6 is 0 Å². The van der Waals surface area contributed by atoms with Crippen LogP contribution in [-0.2, 0) is 11.2 Å². The number of amides is 2. The molecule has 1 aromatic carbocycles. The highest BCUT2D eigenvalue weighted by molar-refractivity contribution is 5.74. The lowest BCUT2D eigenvalue weighted by Gasteiger charge is -2.42. The first-order chi connectivity index (χ1) is 12.4. The van der Waals surface area contributed by atoms with Crippen LogP contribution < -0.4 is 10.6 Å². The number of nitrogens with zero attached hydrogens (tertiary/aromatic N) is 2. The summed E-state index contributed by atoms with van der Waals surface area (Å²) in [5.41, 5.74) is 0.824. The molecule has 0 unspecified atom stereocenters. The number of nitrogens with one attached hydrogen (secondary N) is 2. The molecule has 0 saturated heterocycles. The first-order valence-electron chi connectivity index (χ1n) is 8.62. The Kier molecular flexibility index (Phi) is 6.90. The molecular formula is C17H24N4O5. The predicted octanol–water partition coefficient (Wildman–Crippen LogP) is 1.37. The van der Waals surface area contributed by atoms with Gasteiger partial charge in [0, 0.05) is 30.8 Å². The van der Waals surface area contributed by atoms with Crippen molar-refractivity contribution in [2.75, 3.05) is 19.6 Å². The fourth-order valence-corrected chi connectivity index (χ4v) is 3.06. The highest BCUT2D eigenvalue weighted by atomic mass is 16.6. The second-order valence-corrected chi connectivity index (χ2v) is 6.36. The van der Waals surface area contributed by atoms with Crippen LogP contribution in [-0.4, -0.2) is 58.6 Å². The topological polar surface area (TPSA) is 125 Å². The molecule has 0 atom stereocenters. The van der Waals surface area contributed by atoms with E-state index in [0.29, 0.717) is 19.5 Å². The first-order valence-corrected chi connectivity index (χ1v) is 8.62. The van der Waals surface area contributed by atoms with Gasteiger partial charge in [-0.1, -0.05) is 19.1 Å². The van der Waals surface area contributed by atoms with Gasteiger partial charge in [-0.2, -0.15) is 0 Å². The summed E-state index contributed by atoms with van der Waals surface area (Å²) in [5, 5.41) is 25.2. The summed E-state index contributed by atoms with van der Waals surface area (Å²) in [6.07, 6.45) is 1.98. The maximum absolute atomic E-state index is 11.9. The molecule has 1 saturated carbocycles. The predicted molar refractivity (Wildman–Crippen MR) is 95.0 cm³/mol. The SMILES string of the molecule is CCN(CC(=O)O)C1CC(NC(=O)NCCc2cccc([N+](=O)[O-])c2)C1. The number of nitro benzene ring substituents is 1. The monoisotopic (exact) mass is 364 g/mol. The van der Waals surface area contributed by atoms with E-state index in [9.17, 15) is 19.7 Å². The molecule has 142 valence electrons. The molecule has 0 aliphatic heterocycles. The second-order valence-electron chi connectivity index (χ2n) is 6.36. The number of carboxylic acids is 1. The highest BCUT2D eigenvalue weighted by Gasteiger charge is 2.34. The van der Waals surface area contributed by atoms with Gasteiger partial charge in [0.15, 0.2) is 0 Å². The number of carbonyl (C=O) groups excluding carboxylic acids is 1. The zero-order chi connectivity index (χ0) is 19.1. The van der Waals surface area contributed by atoms with E-state index in [-0.39, 0.29) is 30.3 Å². The molecule has 0 radical (unpaired) electrons. The van der Waals surface area contributed by atoms with E-state index < -0.39 is 10.9 Å². The number of urea groups is 1. The quantitative estimate of drug-likeness (QED) is 0.449. The standard InChI is InChI=1S/C17H24N4O5/c1-2-20(11-16(22)23)15-9-13(10-15)19-17(24)18-7-6-12-4-3-5-14(8-12)21(25)26/h3-5,8,13,15H,2,6-7,9-11H2,1H3,(H,22,23)(H2,18,19,24). The molecule has 9 nitrogen and oxygen atoms in total. The van der Waals surface area contributed by atoms with Crippen LogP contribution in [0, 0.1) is 10.1 Å². The summed E-state index contributed by atoms with van der Waals surface area (Å²) in [6.45, 7) is 2.98. The Bertz CT molecular complexity index is 660.